The van der Waals surface area contributed by atoms with E-state index in [-0.39, 0.29) is 0 Å². The maximum absolute atomic E-state index is 4.31. The number of aryl methyl sites for hydroxylation is 1. The zero-order valence-electron chi connectivity index (χ0n) is 8.57. The average molecular weight is 186 g/mol. The summed E-state index contributed by atoms with van der Waals surface area (Å²) < 4.78 is 0. The van der Waals surface area contributed by atoms with Gasteiger partial charge in [-0.05, 0) is 19.9 Å². The van der Waals surface area contributed by atoms with Crippen molar-refractivity contribution >= 4 is 5.57 Å². The van der Waals surface area contributed by atoms with Crippen LogP contribution in [0.1, 0.15) is 18.4 Å². The van der Waals surface area contributed by atoms with Crippen molar-refractivity contribution in [3.8, 4) is 0 Å². The van der Waals surface area contributed by atoms with Crippen molar-refractivity contribution in [2.45, 2.75) is 13.8 Å². The Labute approximate surface area is 84.7 Å². The summed E-state index contributed by atoms with van der Waals surface area (Å²) in [4.78, 5) is 8.49. The second-order valence-corrected chi connectivity index (χ2v) is 2.87. The lowest BCUT2D eigenvalue weighted by Gasteiger charge is -1.99. The van der Waals surface area contributed by atoms with Crippen LogP contribution in [0.25, 0.3) is 5.57 Å². The first-order valence-electron chi connectivity index (χ1n) is 4.53. The summed E-state index contributed by atoms with van der Waals surface area (Å²) in [5, 5.41) is 0. The number of aromatic nitrogens is 2. The number of allylic oxidation sites excluding steroid dienone is 5. The molecule has 0 aliphatic carbocycles. The van der Waals surface area contributed by atoms with Gasteiger partial charge in [0.25, 0.3) is 0 Å². The highest BCUT2D eigenvalue weighted by molar-refractivity contribution is 5.70. The Hall–Kier alpha value is -1.70. The topological polar surface area (TPSA) is 25.8 Å². The molecular formula is C12H14N2. The van der Waals surface area contributed by atoms with Crippen LogP contribution in [-0.2, 0) is 0 Å². The highest BCUT2D eigenvalue weighted by atomic mass is 14.9. The molecule has 0 saturated heterocycles. The second kappa shape index (κ2) is 5.12. The standard InChI is InChI=1S/C12H14N2/c1-4-6-7-11(5-2)12-13-9-8-10(3)14-12/h4-9H,2H2,1,3H3/b6-4-,11-7+. The molecule has 1 aromatic heterocycles. The molecule has 14 heavy (non-hydrogen) atoms. The van der Waals surface area contributed by atoms with Gasteiger partial charge in [0.2, 0.25) is 0 Å². The molecule has 0 aliphatic heterocycles. The van der Waals surface area contributed by atoms with Gasteiger partial charge in [-0.2, -0.15) is 0 Å². The van der Waals surface area contributed by atoms with Crippen molar-refractivity contribution in [2.24, 2.45) is 0 Å². The third-order valence-corrected chi connectivity index (χ3v) is 1.74. The van der Waals surface area contributed by atoms with Gasteiger partial charge < -0.3 is 0 Å². The van der Waals surface area contributed by atoms with E-state index in [2.05, 4.69) is 16.5 Å². The van der Waals surface area contributed by atoms with Gasteiger partial charge in [-0.3, -0.25) is 0 Å². The molecule has 0 N–H and O–H groups in total. The Bertz CT molecular complexity index is 376. The van der Waals surface area contributed by atoms with Gasteiger partial charge in [-0.25, -0.2) is 9.97 Å². The van der Waals surface area contributed by atoms with Crippen molar-refractivity contribution < 1.29 is 0 Å². The Morgan fingerprint density at radius 1 is 1.50 bits per heavy atom. The molecule has 2 heteroatoms. The van der Waals surface area contributed by atoms with E-state index in [1.165, 1.54) is 0 Å². The van der Waals surface area contributed by atoms with Crippen LogP contribution < -0.4 is 0 Å². The van der Waals surface area contributed by atoms with Gasteiger partial charge in [0, 0.05) is 17.5 Å². The first kappa shape index (κ1) is 10.4. The molecule has 0 atom stereocenters. The first-order valence-corrected chi connectivity index (χ1v) is 4.53. The molecular weight excluding hydrogens is 172 g/mol. The van der Waals surface area contributed by atoms with Crippen molar-refractivity contribution in [1.29, 1.82) is 0 Å². The molecule has 0 aromatic carbocycles. The summed E-state index contributed by atoms with van der Waals surface area (Å²) in [5.74, 6) is 0.720. The third-order valence-electron chi connectivity index (χ3n) is 1.74. The third kappa shape index (κ3) is 2.66. The van der Waals surface area contributed by atoms with E-state index in [9.17, 15) is 0 Å². The number of rotatable bonds is 3. The van der Waals surface area contributed by atoms with Crippen molar-refractivity contribution in [2.75, 3.05) is 0 Å². The fourth-order valence-corrected chi connectivity index (χ4v) is 1.02. The molecule has 72 valence electrons. The normalized spacial score (nSPS) is 12.0. The monoisotopic (exact) mass is 186 g/mol. The van der Waals surface area contributed by atoms with Crippen LogP contribution in [0, 0.1) is 6.92 Å². The Kier molecular flexibility index (Phi) is 3.80. The summed E-state index contributed by atoms with van der Waals surface area (Å²) >= 11 is 0. The van der Waals surface area contributed by atoms with Crippen molar-refractivity contribution in [1.82, 2.24) is 9.97 Å². The summed E-state index contributed by atoms with van der Waals surface area (Å²) in [6.45, 7) is 7.65. The molecule has 0 unspecified atom stereocenters. The molecule has 0 radical (unpaired) electrons. The van der Waals surface area contributed by atoms with Crippen LogP contribution >= 0.6 is 0 Å². The highest BCUT2D eigenvalue weighted by Crippen LogP contribution is 2.10. The average Bonchev–Trinajstić information content (AvgIpc) is 2.19. The SMILES string of the molecule is C=C/C(=C\C=C/C)c1nccc(C)n1. The van der Waals surface area contributed by atoms with Gasteiger partial charge in [0.05, 0.1) is 0 Å². The van der Waals surface area contributed by atoms with Crippen molar-refractivity contribution in [3.63, 3.8) is 0 Å². The van der Waals surface area contributed by atoms with Gasteiger partial charge in [-0.15, -0.1) is 0 Å². The lowest BCUT2D eigenvalue weighted by atomic mass is 10.2. The fraction of sp³-hybridized carbons (Fsp3) is 0.167. The van der Waals surface area contributed by atoms with E-state index >= 15 is 0 Å². The Morgan fingerprint density at radius 2 is 2.29 bits per heavy atom. The molecule has 0 saturated carbocycles. The van der Waals surface area contributed by atoms with Crippen molar-refractivity contribution in [3.05, 3.63) is 54.7 Å². The predicted octanol–water partition coefficient (Wildman–Crippen LogP) is 2.93. The predicted molar refractivity (Wildman–Crippen MR) is 59.8 cm³/mol. The van der Waals surface area contributed by atoms with Gasteiger partial charge >= 0.3 is 0 Å². The molecule has 1 heterocycles. The van der Waals surface area contributed by atoms with Crippen LogP contribution in [-0.4, -0.2) is 9.97 Å². The number of nitrogens with zero attached hydrogens (tertiary/aromatic N) is 2. The molecule has 0 amide bonds. The maximum Gasteiger partial charge on any atom is 0.159 e. The minimum atomic E-state index is 0.720. The molecule has 1 aromatic rings. The molecule has 0 bridgehead atoms. The Morgan fingerprint density at radius 3 is 2.86 bits per heavy atom. The van der Waals surface area contributed by atoms with E-state index < -0.39 is 0 Å². The quantitative estimate of drug-likeness (QED) is 0.678. The highest BCUT2D eigenvalue weighted by Gasteiger charge is 1.98. The Balaban J connectivity index is 3.06. The minimum Gasteiger partial charge on any atom is -0.237 e. The zero-order chi connectivity index (χ0) is 10.4. The second-order valence-electron chi connectivity index (χ2n) is 2.87. The molecule has 0 aliphatic rings. The van der Waals surface area contributed by atoms with Crippen LogP contribution in [0.5, 0.6) is 0 Å². The van der Waals surface area contributed by atoms with Crippen LogP contribution in [0.15, 0.2) is 43.1 Å². The lowest BCUT2D eigenvalue weighted by molar-refractivity contribution is 1.07. The molecule has 0 fully saturated rings. The molecule has 2 nitrogen and oxygen atoms in total. The van der Waals surface area contributed by atoms with Gasteiger partial charge in [0.1, 0.15) is 0 Å². The lowest BCUT2D eigenvalue weighted by Crippen LogP contribution is -1.93. The molecule has 1 rings (SSSR count). The molecule has 0 spiro atoms. The van der Waals surface area contributed by atoms with Gasteiger partial charge in [-0.1, -0.05) is 30.9 Å². The number of hydrogen-bond acceptors (Lipinski definition) is 2. The van der Waals surface area contributed by atoms with E-state index in [0.29, 0.717) is 0 Å². The zero-order valence-corrected chi connectivity index (χ0v) is 8.57. The summed E-state index contributed by atoms with van der Waals surface area (Å²) in [5.41, 5.74) is 1.90. The van der Waals surface area contributed by atoms with E-state index in [1.807, 2.05) is 38.1 Å². The summed E-state index contributed by atoms with van der Waals surface area (Å²) in [6.07, 6.45) is 9.36. The summed E-state index contributed by atoms with van der Waals surface area (Å²) in [6, 6.07) is 1.87. The van der Waals surface area contributed by atoms with E-state index in [0.717, 1.165) is 17.1 Å². The van der Waals surface area contributed by atoms with E-state index in [1.54, 1.807) is 12.3 Å². The van der Waals surface area contributed by atoms with Crippen LogP contribution in [0.3, 0.4) is 0 Å². The largest absolute Gasteiger partial charge is 0.237 e. The first-order chi connectivity index (χ1) is 6.77. The van der Waals surface area contributed by atoms with Crippen LogP contribution in [0.2, 0.25) is 0 Å². The summed E-state index contributed by atoms with van der Waals surface area (Å²) in [7, 11) is 0. The maximum atomic E-state index is 4.31. The smallest absolute Gasteiger partial charge is 0.159 e. The van der Waals surface area contributed by atoms with Gasteiger partial charge in [0.15, 0.2) is 5.82 Å². The number of hydrogen-bond donors (Lipinski definition) is 0. The van der Waals surface area contributed by atoms with Crippen LogP contribution in [0.4, 0.5) is 0 Å². The minimum absolute atomic E-state index is 0.720. The van der Waals surface area contributed by atoms with E-state index in [4.69, 9.17) is 0 Å². The fourth-order valence-electron chi connectivity index (χ4n) is 1.02.